The van der Waals surface area contributed by atoms with E-state index in [1.54, 1.807) is 25.8 Å². The highest BCUT2D eigenvalue weighted by Crippen LogP contribution is 2.68. The molecule has 10 heteroatoms. The lowest BCUT2D eigenvalue weighted by molar-refractivity contribution is -0.153. The van der Waals surface area contributed by atoms with Gasteiger partial charge < -0.3 is 14.5 Å². The maximum Gasteiger partial charge on any atom is 0.326 e. The fraction of sp³-hybridized carbons (Fsp3) is 0.500. The molecule has 4 aliphatic rings. The molecular formula is C24H24N2O6S2. The zero-order valence-corrected chi connectivity index (χ0v) is 20.3. The first-order valence-corrected chi connectivity index (χ1v) is 13.2. The summed E-state index contributed by atoms with van der Waals surface area (Å²) in [6, 6.07) is 7.90. The van der Waals surface area contributed by atoms with Gasteiger partial charge in [-0.3, -0.25) is 24.1 Å². The van der Waals surface area contributed by atoms with Gasteiger partial charge in [-0.15, -0.1) is 11.8 Å². The molecule has 7 atom stereocenters. The van der Waals surface area contributed by atoms with E-state index in [9.17, 15) is 19.2 Å². The zero-order chi connectivity index (χ0) is 23.7. The number of thiazole rings is 1. The molecule has 2 bridgehead atoms. The van der Waals surface area contributed by atoms with Crippen molar-refractivity contribution in [1.29, 1.82) is 0 Å². The number of likely N-dealkylation sites (tertiary alicyclic amines) is 1. The Balaban J connectivity index is 1.39. The Morgan fingerprint density at radius 3 is 2.50 bits per heavy atom. The van der Waals surface area contributed by atoms with Crippen molar-refractivity contribution in [2.24, 2.45) is 29.6 Å². The molecule has 8 nitrogen and oxygen atoms in total. The van der Waals surface area contributed by atoms with Crippen molar-refractivity contribution < 1.29 is 23.9 Å². The fourth-order valence-corrected chi connectivity index (χ4v) is 9.64. The van der Waals surface area contributed by atoms with Gasteiger partial charge in [0.15, 0.2) is 0 Å². The van der Waals surface area contributed by atoms with Gasteiger partial charge in [0.05, 0.1) is 30.6 Å². The molecule has 6 unspecified atom stereocenters. The summed E-state index contributed by atoms with van der Waals surface area (Å²) in [6.45, 7) is 1.59. The molecule has 1 aromatic carbocycles. The topological polar surface area (TPSA) is 106 Å². The van der Waals surface area contributed by atoms with Crippen LogP contribution in [0.2, 0.25) is 0 Å². The average Bonchev–Trinajstić information content (AvgIpc) is 3.55. The van der Waals surface area contributed by atoms with Crippen LogP contribution in [0.1, 0.15) is 29.7 Å². The number of esters is 1. The second kappa shape index (κ2) is 7.98. The van der Waals surface area contributed by atoms with Gasteiger partial charge in [-0.2, -0.15) is 0 Å². The summed E-state index contributed by atoms with van der Waals surface area (Å²) in [7, 11) is 1.62. The highest BCUT2D eigenvalue weighted by molar-refractivity contribution is 8.00. The van der Waals surface area contributed by atoms with E-state index in [-0.39, 0.29) is 58.8 Å². The van der Waals surface area contributed by atoms with Crippen molar-refractivity contribution in [3.63, 3.8) is 0 Å². The maximum atomic E-state index is 13.4. The molecule has 0 radical (unpaired) electrons. The minimum Gasteiger partial charge on any atom is -0.497 e. The van der Waals surface area contributed by atoms with Crippen molar-refractivity contribution in [3.05, 3.63) is 44.4 Å². The molecule has 3 heterocycles. The summed E-state index contributed by atoms with van der Waals surface area (Å²) in [5, 5.41) is 0.997. The van der Waals surface area contributed by atoms with Gasteiger partial charge in [0.2, 0.25) is 11.8 Å². The van der Waals surface area contributed by atoms with Gasteiger partial charge >= 0.3 is 10.8 Å². The minimum absolute atomic E-state index is 0.0219. The van der Waals surface area contributed by atoms with E-state index in [0.717, 1.165) is 32.5 Å². The molecule has 2 saturated carbocycles. The fourth-order valence-electron chi connectivity index (χ4n) is 6.75. The lowest BCUT2D eigenvalue weighted by Crippen LogP contribution is -2.42. The molecule has 1 aromatic heterocycles. The van der Waals surface area contributed by atoms with E-state index < -0.39 is 17.8 Å². The molecule has 1 N–H and O–H groups in total. The highest BCUT2D eigenvalue weighted by atomic mass is 32.2. The number of nitrogens with zero attached hydrogens (tertiary/aromatic N) is 1. The molecule has 3 fully saturated rings. The molecule has 0 spiro atoms. The first-order valence-electron chi connectivity index (χ1n) is 11.5. The van der Waals surface area contributed by atoms with Crippen molar-refractivity contribution in [2.45, 2.75) is 29.5 Å². The van der Waals surface area contributed by atoms with E-state index in [1.165, 1.54) is 11.3 Å². The summed E-state index contributed by atoms with van der Waals surface area (Å²) >= 11 is 2.88. The van der Waals surface area contributed by atoms with Crippen LogP contribution in [0.5, 0.6) is 5.75 Å². The van der Waals surface area contributed by atoms with E-state index in [1.807, 2.05) is 24.3 Å². The third-order valence-electron chi connectivity index (χ3n) is 7.88. The SMILES string of the molecule is CCOC(=O)CN1C(=O)C2C3CC(C2C1=O)C1C3Sc2[nH]c(=O)sc2[C@@H]1c1ccc(OC)cc1. The van der Waals surface area contributed by atoms with Gasteiger partial charge in [0.25, 0.3) is 0 Å². The predicted octanol–water partition coefficient (Wildman–Crippen LogP) is 2.48. The Morgan fingerprint density at radius 2 is 1.82 bits per heavy atom. The van der Waals surface area contributed by atoms with Crippen LogP contribution in [0.3, 0.4) is 0 Å². The number of methoxy groups -OCH3 is 1. The zero-order valence-electron chi connectivity index (χ0n) is 18.7. The number of benzene rings is 1. The first-order chi connectivity index (χ1) is 16.4. The number of carbonyl (C=O) groups is 3. The maximum absolute atomic E-state index is 13.4. The standard InChI is InChI=1S/C24H24N2O6S2/c1-3-32-14(27)9-26-22(28)17-12-8-13(18(17)23(26)29)19-16(12)15(10-4-6-11(31-2)7-5-10)20-21(33-19)25-24(30)34-20/h4-7,12-13,15-19H,3,8-9H2,1-2H3,(H,25,30)/t12?,13?,15-,16?,17?,18?,19?/m1/s1. The van der Waals surface area contributed by atoms with Crippen molar-refractivity contribution in [1.82, 2.24) is 9.88 Å². The first kappa shape index (κ1) is 21.9. The number of rotatable bonds is 5. The van der Waals surface area contributed by atoms with Crippen molar-refractivity contribution in [3.8, 4) is 5.75 Å². The number of fused-ring (bicyclic) bond motifs is 9. The third kappa shape index (κ3) is 3.04. The Labute approximate surface area is 204 Å². The Morgan fingerprint density at radius 1 is 1.12 bits per heavy atom. The molecule has 2 aromatic rings. The normalized spacial score (nSPS) is 33.0. The van der Waals surface area contributed by atoms with Gasteiger partial charge in [-0.05, 0) is 48.8 Å². The van der Waals surface area contributed by atoms with Crippen molar-refractivity contribution >= 4 is 40.9 Å². The Bertz CT molecular complexity index is 1240. The number of ether oxygens (including phenoxy) is 2. The second-order valence-electron chi connectivity index (χ2n) is 9.30. The minimum atomic E-state index is -0.556. The average molecular weight is 501 g/mol. The number of carbonyl (C=O) groups excluding carboxylic acids is 3. The van der Waals surface area contributed by atoms with Crippen LogP contribution in [0.4, 0.5) is 0 Å². The van der Waals surface area contributed by atoms with Gasteiger partial charge in [-0.1, -0.05) is 23.5 Å². The monoisotopic (exact) mass is 500 g/mol. The summed E-state index contributed by atoms with van der Waals surface area (Å²) in [5.74, 6) is -0.959. The van der Waals surface area contributed by atoms with Gasteiger partial charge in [0, 0.05) is 16.0 Å². The molecular weight excluding hydrogens is 476 g/mol. The Kier molecular flexibility index (Phi) is 5.14. The number of aromatic nitrogens is 1. The van der Waals surface area contributed by atoms with E-state index in [2.05, 4.69) is 4.98 Å². The molecule has 1 saturated heterocycles. The van der Waals surface area contributed by atoms with Crippen molar-refractivity contribution in [2.75, 3.05) is 20.3 Å². The quantitative estimate of drug-likeness (QED) is 0.497. The van der Waals surface area contributed by atoms with Gasteiger partial charge in [0.1, 0.15) is 12.3 Å². The van der Waals surface area contributed by atoms with Crippen LogP contribution in [-0.2, 0) is 19.1 Å². The van der Waals surface area contributed by atoms with Gasteiger partial charge in [-0.25, -0.2) is 0 Å². The molecule has 2 aliphatic carbocycles. The Hall–Kier alpha value is -2.59. The molecule has 2 amide bonds. The number of nitrogens with one attached hydrogen (secondary N) is 1. The number of hydrogen-bond donors (Lipinski definition) is 1. The second-order valence-corrected chi connectivity index (χ2v) is 11.5. The smallest absolute Gasteiger partial charge is 0.326 e. The largest absolute Gasteiger partial charge is 0.497 e. The number of imide groups is 1. The van der Waals surface area contributed by atoms with E-state index in [4.69, 9.17) is 9.47 Å². The molecule has 34 heavy (non-hydrogen) atoms. The van der Waals surface area contributed by atoms with E-state index >= 15 is 0 Å². The molecule has 2 aliphatic heterocycles. The lowest BCUT2D eigenvalue weighted by Gasteiger charge is -2.43. The summed E-state index contributed by atoms with van der Waals surface area (Å²) in [4.78, 5) is 56.1. The lowest BCUT2D eigenvalue weighted by atomic mass is 9.68. The van der Waals surface area contributed by atoms with E-state index in [0.29, 0.717) is 0 Å². The number of H-pyrrole nitrogens is 1. The number of aromatic amines is 1. The highest BCUT2D eigenvalue weighted by Gasteiger charge is 2.69. The number of amides is 2. The number of hydrogen-bond acceptors (Lipinski definition) is 8. The van der Waals surface area contributed by atoms with Crippen LogP contribution < -0.4 is 9.61 Å². The third-order valence-corrected chi connectivity index (χ3v) is 10.5. The molecule has 6 rings (SSSR count). The molecule has 178 valence electrons. The van der Waals surface area contributed by atoms with Crippen LogP contribution in [0.25, 0.3) is 0 Å². The van der Waals surface area contributed by atoms with Crippen LogP contribution in [-0.4, -0.2) is 53.2 Å². The number of thioether (sulfide) groups is 1. The van der Waals surface area contributed by atoms with Crippen LogP contribution in [0, 0.1) is 29.6 Å². The predicted molar refractivity (Wildman–Crippen MR) is 125 cm³/mol. The van der Waals surface area contributed by atoms with Crippen LogP contribution >= 0.6 is 23.1 Å². The van der Waals surface area contributed by atoms with Crippen LogP contribution in [0.15, 0.2) is 34.1 Å². The summed E-state index contributed by atoms with van der Waals surface area (Å²) < 4.78 is 10.3. The summed E-state index contributed by atoms with van der Waals surface area (Å²) in [5.41, 5.74) is 1.08. The summed E-state index contributed by atoms with van der Waals surface area (Å²) in [6.07, 6.45) is 0.814.